The molecule has 4 nitrogen and oxygen atoms in total. The molecule has 2 aliphatic carbocycles. The Kier molecular flexibility index (Phi) is 17.1. The van der Waals surface area contributed by atoms with Crippen LogP contribution in [0.15, 0.2) is 85.2 Å². The van der Waals surface area contributed by atoms with Crippen LogP contribution in [0.25, 0.3) is 0 Å². The van der Waals surface area contributed by atoms with Crippen LogP contribution < -0.4 is 9.47 Å². The third-order valence-electron chi connectivity index (χ3n) is 11.4. The van der Waals surface area contributed by atoms with Crippen LogP contribution in [0.4, 0.5) is 8.78 Å². The van der Waals surface area contributed by atoms with Gasteiger partial charge in [-0.25, -0.2) is 9.97 Å². The molecule has 4 aromatic rings. The SMILES string of the molecule is CCCCCOc1ccc(C2CCC(CCc3ccc(F)nc3)CC2)cc1.CCCCOc1ccc(C2CCC(CCc3ccc(F)nc3)CC2)cc1. The third kappa shape index (κ3) is 14.2. The minimum atomic E-state index is -0.393. The van der Waals surface area contributed by atoms with Gasteiger partial charge in [-0.1, -0.05) is 69.5 Å². The number of unbranched alkanes of at least 4 members (excludes halogenated alkanes) is 3. The van der Waals surface area contributed by atoms with Gasteiger partial charge in [0.1, 0.15) is 11.5 Å². The smallest absolute Gasteiger partial charge is 0.212 e. The topological polar surface area (TPSA) is 44.2 Å². The van der Waals surface area contributed by atoms with E-state index in [1.807, 2.05) is 12.1 Å². The Morgan fingerprint density at radius 1 is 0.509 bits per heavy atom. The Morgan fingerprint density at radius 3 is 1.30 bits per heavy atom. The summed E-state index contributed by atoms with van der Waals surface area (Å²) < 4.78 is 37.3. The highest BCUT2D eigenvalue weighted by molar-refractivity contribution is 5.31. The first-order chi connectivity index (χ1) is 26.0. The van der Waals surface area contributed by atoms with E-state index in [1.54, 1.807) is 12.4 Å². The van der Waals surface area contributed by atoms with E-state index in [0.717, 1.165) is 73.4 Å². The minimum Gasteiger partial charge on any atom is -0.494 e. The first-order valence-electron chi connectivity index (χ1n) is 20.6. The van der Waals surface area contributed by atoms with Crippen LogP contribution in [0.1, 0.15) is 144 Å². The van der Waals surface area contributed by atoms with Gasteiger partial charge in [0, 0.05) is 12.4 Å². The fourth-order valence-electron chi connectivity index (χ4n) is 7.97. The zero-order valence-corrected chi connectivity index (χ0v) is 32.3. The number of benzene rings is 2. The average molecular weight is 725 g/mol. The van der Waals surface area contributed by atoms with Crippen molar-refractivity contribution in [1.29, 1.82) is 0 Å². The number of pyridine rings is 2. The normalized spacial score (nSPS) is 19.9. The summed E-state index contributed by atoms with van der Waals surface area (Å²) in [5, 5.41) is 0. The van der Waals surface area contributed by atoms with E-state index >= 15 is 0 Å². The van der Waals surface area contributed by atoms with Gasteiger partial charge in [-0.2, -0.15) is 8.78 Å². The van der Waals surface area contributed by atoms with Gasteiger partial charge < -0.3 is 9.47 Å². The van der Waals surface area contributed by atoms with Crippen molar-refractivity contribution in [3.8, 4) is 11.5 Å². The van der Waals surface area contributed by atoms with Gasteiger partial charge in [0.15, 0.2) is 0 Å². The molecule has 286 valence electrons. The van der Waals surface area contributed by atoms with E-state index in [-0.39, 0.29) is 0 Å². The Labute approximate surface area is 318 Å². The summed E-state index contributed by atoms with van der Waals surface area (Å²) in [5.41, 5.74) is 5.20. The fraction of sp³-hybridized carbons (Fsp3) is 0.532. The lowest BCUT2D eigenvalue weighted by atomic mass is 9.77. The molecule has 0 radical (unpaired) electrons. The highest BCUT2D eigenvalue weighted by Gasteiger charge is 2.23. The lowest BCUT2D eigenvalue weighted by Crippen LogP contribution is -2.14. The number of hydrogen-bond acceptors (Lipinski definition) is 4. The maximum atomic E-state index is 12.9. The summed E-state index contributed by atoms with van der Waals surface area (Å²) in [7, 11) is 0. The molecule has 2 fully saturated rings. The third-order valence-corrected chi connectivity index (χ3v) is 11.4. The predicted molar refractivity (Wildman–Crippen MR) is 213 cm³/mol. The summed E-state index contributed by atoms with van der Waals surface area (Å²) in [6, 6.07) is 24.2. The highest BCUT2D eigenvalue weighted by atomic mass is 19.1. The maximum Gasteiger partial charge on any atom is 0.212 e. The second-order valence-corrected chi connectivity index (χ2v) is 15.4. The van der Waals surface area contributed by atoms with Gasteiger partial charge >= 0.3 is 0 Å². The van der Waals surface area contributed by atoms with E-state index < -0.39 is 11.9 Å². The second-order valence-electron chi connectivity index (χ2n) is 15.4. The van der Waals surface area contributed by atoms with E-state index in [2.05, 4.69) is 72.3 Å². The second kappa shape index (κ2) is 22.4. The largest absolute Gasteiger partial charge is 0.494 e. The van der Waals surface area contributed by atoms with Crippen molar-refractivity contribution in [3.05, 3.63) is 119 Å². The molecule has 0 saturated heterocycles. The molecule has 0 bridgehead atoms. The number of halogens is 2. The van der Waals surface area contributed by atoms with Crippen molar-refractivity contribution >= 4 is 0 Å². The maximum absolute atomic E-state index is 12.9. The minimum absolute atomic E-state index is 0.392. The molecule has 2 aliphatic rings. The van der Waals surface area contributed by atoms with Crippen LogP contribution in [-0.4, -0.2) is 23.2 Å². The van der Waals surface area contributed by atoms with Crippen LogP contribution in [0.5, 0.6) is 11.5 Å². The monoisotopic (exact) mass is 724 g/mol. The predicted octanol–water partition coefficient (Wildman–Crippen LogP) is 13.0. The first kappa shape index (κ1) is 40.4. The number of aryl methyl sites for hydroxylation is 2. The molecule has 2 saturated carbocycles. The van der Waals surface area contributed by atoms with Gasteiger partial charge in [-0.05, 0) is 172 Å². The number of aromatic nitrogens is 2. The van der Waals surface area contributed by atoms with Crippen molar-refractivity contribution in [1.82, 2.24) is 9.97 Å². The van der Waals surface area contributed by atoms with E-state index in [0.29, 0.717) is 11.8 Å². The highest BCUT2D eigenvalue weighted by Crippen LogP contribution is 2.39. The Morgan fingerprint density at radius 2 is 0.925 bits per heavy atom. The van der Waals surface area contributed by atoms with Gasteiger partial charge in [0.2, 0.25) is 11.9 Å². The van der Waals surface area contributed by atoms with Crippen LogP contribution in [0, 0.1) is 23.7 Å². The number of hydrogen-bond donors (Lipinski definition) is 0. The molecule has 0 atom stereocenters. The Hall–Kier alpha value is -3.80. The molecule has 53 heavy (non-hydrogen) atoms. The molecule has 0 amide bonds. The van der Waals surface area contributed by atoms with Crippen LogP contribution in [0.2, 0.25) is 0 Å². The first-order valence-corrected chi connectivity index (χ1v) is 20.6. The Balaban J connectivity index is 0.000000204. The number of rotatable bonds is 17. The summed E-state index contributed by atoms with van der Waals surface area (Å²) >= 11 is 0. The lowest BCUT2D eigenvalue weighted by molar-refractivity contribution is 0.303. The van der Waals surface area contributed by atoms with Crippen molar-refractivity contribution in [3.63, 3.8) is 0 Å². The quantitative estimate of drug-likeness (QED) is 0.0803. The standard InChI is InChI=1S/C24H32FNO.C23H30FNO/c1-2-3-4-17-27-23-14-12-22(13-15-23)21-10-7-19(8-11-21)5-6-20-9-16-24(25)26-18-20;1-2-3-16-26-22-13-11-21(12-14-22)20-9-6-18(7-10-20)4-5-19-8-15-23(24)25-17-19/h9,12-16,18-19,21H,2-8,10-11,17H2,1H3;8,11-15,17-18,20H,2-7,9-10,16H2,1H3. The van der Waals surface area contributed by atoms with E-state index in [9.17, 15) is 8.78 Å². The number of ether oxygens (including phenoxy) is 2. The van der Waals surface area contributed by atoms with Gasteiger partial charge in [0.05, 0.1) is 13.2 Å². The van der Waals surface area contributed by atoms with Gasteiger partial charge in [-0.3, -0.25) is 0 Å². The van der Waals surface area contributed by atoms with E-state index in [1.165, 1.54) is 107 Å². The summed E-state index contributed by atoms with van der Waals surface area (Å²) in [4.78, 5) is 7.50. The molecular formula is C47H62F2N2O2. The van der Waals surface area contributed by atoms with Gasteiger partial charge in [-0.15, -0.1) is 0 Å². The van der Waals surface area contributed by atoms with Crippen molar-refractivity contribution in [2.75, 3.05) is 13.2 Å². The fourth-order valence-corrected chi connectivity index (χ4v) is 7.97. The number of nitrogens with zero attached hydrogens (tertiary/aromatic N) is 2. The molecule has 0 spiro atoms. The van der Waals surface area contributed by atoms with Gasteiger partial charge in [0.25, 0.3) is 0 Å². The molecule has 0 N–H and O–H groups in total. The van der Waals surface area contributed by atoms with Crippen molar-refractivity contribution in [2.45, 2.75) is 135 Å². The van der Waals surface area contributed by atoms with Crippen LogP contribution in [0.3, 0.4) is 0 Å². The molecule has 0 aliphatic heterocycles. The zero-order valence-electron chi connectivity index (χ0n) is 32.3. The zero-order chi connectivity index (χ0) is 37.1. The molecule has 2 aromatic carbocycles. The molecule has 2 heterocycles. The average Bonchev–Trinajstić information content (AvgIpc) is 3.20. The van der Waals surface area contributed by atoms with Crippen molar-refractivity contribution in [2.24, 2.45) is 11.8 Å². The lowest BCUT2D eigenvalue weighted by Gasteiger charge is -2.29. The summed E-state index contributed by atoms with van der Waals surface area (Å²) in [6.07, 6.45) is 23.8. The Bertz CT molecular complexity index is 1540. The van der Waals surface area contributed by atoms with Crippen LogP contribution in [-0.2, 0) is 12.8 Å². The van der Waals surface area contributed by atoms with E-state index in [4.69, 9.17) is 9.47 Å². The molecule has 6 rings (SSSR count). The molecule has 2 aromatic heterocycles. The van der Waals surface area contributed by atoms with Crippen LogP contribution >= 0.6 is 0 Å². The molecule has 6 heteroatoms. The molecular weight excluding hydrogens is 663 g/mol. The molecule has 0 unspecified atom stereocenters. The summed E-state index contributed by atoms with van der Waals surface area (Å²) in [6.45, 7) is 6.02. The summed E-state index contributed by atoms with van der Waals surface area (Å²) in [5.74, 6) is 4.14. The van der Waals surface area contributed by atoms with Crippen molar-refractivity contribution < 1.29 is 18.3 Å².